The van der Waals surface area contributed by atoms with Crippen LogP contribution in [0.5, 0.6) is 0 Å². The molecule has 0 saturated heterocycles. The Morgan fingerprint density at radius 2 is 1.59 bits per heavy atom. The average Bonchev–Trinajstić information content (AvgIpc) is 2.30. The predicted molar refractivity (Wildman–Crippen MR) is 78.6 cm³/mol. The van der Waals surface area contributed by atoms with E-state index in [0.717, 1.165) is 22.3 Å². The fourth-order valence-corrected chi connectivity index (χ4v) is 0.830. The molecule has 0 atom stereocenters. The van der Waals surface area contributed by atoms with Crippen molar-refractivity contribution in [2.24, 2.45) is 0 Å². The van der Waals surface area contributed by atoms with Gasteiger partial charge >= 0.3 is 0 Å². The predicted octanol–water partition coefficient (Wildman–Crippen LogP) is 4.76. The molecule has 0 N–H and O–H groups in total. The minimum absolute atomic E-state index is 0.783. The number of allylic oxidation sites excluding steroid dienone is 9. The largest absolute Gasteiger partial charge is 0.0988 e. The molecule has 0 bridgehead atoms. The van der Waals surface area contributed by atoms with Crippen molar-refractivity contribution in [1.82, 2.24) is 0 Å². The molecule has 0 radical (unpaired) electrons. The Balaban J connectivity index is 4.59. The van der Waals surface area contributed by atoms with Gasteiger partial charge in [-0.05, 0) is 32.4 Å². The summed E-state index contributed by atoms with van der Waals surface area (Å²) in [6, 6.07) is 0. The van der Waals surface area contributed by atoms with Crippen LogP contribution in [-0.4, -0.2) is 0 Å². The highest BCUT2D eigenvalue weighted by atomic mass is 13.9. The van der Waals surface area contributed by atoms with Gasteiger partial charge in [-0.2, -0.15) is 0 Å². The van der Waals surface area contributed by atoms with Crippen molar-refractivity contribution in [2.75, 3.05) is 0 Å². The van der Waals surface area contributed by atoms with E-state index in [1.54, 1.807) is 0 Å². The molecule has 0 heterocycles. The van der Waals surface area contributed by atoms with Crippen LogP contribution in [0.1, 0.15) is 20.8 Å². The second-order valence-electron chi connectivity index (χ2n) is 3.92. The van der Waals surface area contributed by atoms with Crippen LogP contribution in [0.2, 0.25) is 0 Å². The minimum Gasteiger partial charge on any atom is -0.0988 e. The van der Waals surface area contributed by atoms with Gasteiger partial charge in [0.2, 0.25) is 0 Å². The van der Waals surface area contributed by atoms with E-state index < -0.39 is 0 Å². The Bertz CT molecular complexity index is 454. The van der Waals surface area contributed by atoms with E-state index in [-0.39, 0.29) is 0 Å². The molecule has 17 heavy (non-hydrogen) atoms. The lowest BCUT2D eigenvalue weighted by Gasteiger charge is -1.89. The molecule has 88 valence electrons. The maximum atomic E-state index is 3.85. The Labute approximate surface area is 105 Å². The molecule has 0 unspecified atom stereocenters. The van der Waals surface area contributed by atoms with E-state index in [9.17, 15) is 0 Å². The highest BCUT2D eigenvalue weighted by molar-refractivity contribution is 5.43. The summed E-state index contributed by atoms with van der Waals surface area (Å²) in [6.45, 7) is 17.2. The van der Waals surface area contributed by atoms with Gasteiger partial charge in [-0.25, -0.2) is 0 Å². The first-order valence-corrected chi connectivity index (χ1v) is 5.48. The summed E-state index contributed by atoms with van der Waals surface area (Å²) in [7, 11) is 0. The molecule has 0 aliphatic heterocycles. The van der Waals surface area contributed by atoms with Crippen LogP contribution in [0.3, 0.4) is 0 Å². The molecule has 0 heteroatoms. The van der Waals surface area contributed by atoms with Crippen molar-refractivity contribution < 1.29 is 0 Å². The van der Waals surface area contributed by atoms with Gasteiger partial charge in [-0.15, -0.1) is 0 Å². The quantitative estimate of drug-likeness (QED) is 0.477. The maximum Gasteiger partial charge on any atom is 0.0177 e. The Morgan fingerprint density at radius 3 is 2.12 bits per heavy atom. The van der Waals surface area contributed by atoms with Crippen LogP contribution in [0, 0.1) is 11.8 Å². The van der Waals surface area contributed by atoms with Crippen LogP contribution < -0.4 is 0 Å². The van der Waals surface area contributed by atoms with E-state index in [4.69, 9.17) is 0 Å². The first-order chi connectivity index (χ1) is 7.95. The normalized spacial score (nSPS) is 11.9. The van der Waals surface area contributed by atoms with Gasteiger partial charge in [-0.3, -0.25) is 0 Å². The molecule has 0 nitrogen and oxygen atoms in total. The summed E-state index contributed by atoms with van der Waals surface area (Å²) in [5, 5.41) is 0. The summed E-state index contributed by atoms with van der Waals surface area (Å²) in [4.78, 5) is 0. The van der Waals surface area contributed by atoms with E-state index in [2.05, 4.69) is 31.6 Å². The Kier molecular flexibility index (Phi) is 7.22. The van der Waals surface area contributed by atoms with Crippen molar-refractivity contribution in [3.8, 4) is 11.8 Å². The topological polar surface area (TPSA) is 0 Å². The highest BCUT2D eigenvalue weighted by Crippen LogP contribution is 1.99. The van der Waals surface area contributed by atoms with Crippen LogP contribution in [0.15, 0.2) is 72.4 Å². The van der Waals surface area contributed by atoms with Crippen molar-refractivity contribution in [2.45, 2.75) is 20.8 Å². The van der Waals surface area contributed by atoms with Gasteiger partial charge in [0.25, 0.3) is 0 Å². The molecule has 0 aliphatic rings. The summed E-state index contributed by atoms with van der Waals surface area (Å²) < 4.78 is 0. The van der Waals surface area contributed by atoms with Crippen LogP contribution in [0.25, 0.3) is 0 Å². The zero-order chi connectivity index (χ0) is 13.3. The van der Waals surface area contributed by atoms with Gasteiger partial charge < -0.3 is 0 Å². The molecule has 0 amide bonds. The first kappa shape index (κ1) is 15.0. The van der Waals surface area contributed by atoms with E-state index in [1.165, 1.54) is 0 Å². The number of hydrogen-bond acceptors (Lipinski definition) is 0. The summed E-state index contributed by atoms with van der Waals surface area (Å²) in [5.74, 6) is 6.02. The van der Waals surface area contributed by atoms with Crippen LogP contribution >= 0.6 is 0 Å². The smallest absolute Gasteiger partial charge is 0.0177 e. The van der Waals surface area contributed by atoms with E-state index >= 15 is 0 Å². The summed E-state index contributed by atoms with van der Waals surface area (Å²) in [5.41, 5.74) is 3.89. The monoisotopic (exact) mass is 224 g/mol. The van der Waals surface area contributed by atoms with Crippen molar-refractivity contribution >= 4 is 0 Å². The highest BCUT2D eigenvalue weighted by Gasteiger charge is 1.82. The van der Waals surface area contributed by atoms with E-state index in [1.807, 2.05) is 51.2 Å². The van der Waals surface area contributed by atoms with Crippen molar-refractivity contribution in [3.05, 3.63) is 72.4 Å². The standard InChI is InChI=1S/C17H20/c1-7-15(4)10-11-17(6)13-12-16(5)9-8-14(2)3/h7-11H,1-2,5H2,3-4,6H3/b9-8-,15-10+,17-11+. The zero-order valence-electron chi connectivity index (χ0n) is 11.0. The lowest BCUT2D eigenvalue weighted by molar-refractivity contribution is 1.50. The lowest BCUT2D eigenvalue weighted by atomic mass is 10.2. The molecule has 0 spiro atoms. The molecule has 0 fully saturated rings. The average molecular weight is 224 g/mol. The van der Waals surface area contributed by atoms with Gasteiger partial charge in [0.1, 0.15) is 0 Å². The van der Waals surface area contributed by atoms with Crippen LogP contribution in [0.4, 0.5) is 0 Å². The maximum absolute atomic E-state index is 3.85. The summed E-state index contributed by atoms with van der Waals surface area (Å²) in [6.07, 6.45) is 9.54. The van der Waals surface area contributed by atoms with Gasteiger partial charge in [0.15, 0.2) is 0 Å². The minimum atomic E-state index is 0.783. The second kappa shape index (κ2) is 8.19. The second-order valence-corrected chi connectivity index (χ2v) is 3.92. The third-order valence-electron chi connectivity index (χ3n) is 1.91. The molecule has 0 aromatic rings. The van der Waals surface area contributed by atoms with Crippen molar-refractivity contribution in [3.63, 3.8) is 0 Å². The molecular formula is C17H20. The van der Waals surface area contributed by atoms with E-state index in [0.29, 0.717) is 0 Å². The number of hydrogen-bond donors (Lipinski definition) is 0. The van der Waals surface area contributed by atoms with Gasteiger partial charge in [-0.1, -0.05) is 67.0 Å². The molecule has 0 aromatic heterocycles. The number of rotatable bonds is 4. The zero-order valence-corrected chi connectivity index (χ0v) is 11.0. The molecule has 0 rings (SSSR count). The molecular weight excluding hydrogens is 204 g/mol. The lowest BCUT2D eigenvalue weighted by Crippen LogP contribution is -1.72. The molecule has 0 aromatic carbocycles. The van der Waals surface area contributed by atoms with Crippen LogP contribution in [-0.2, 0) is 0 Å². The van der Waals surface area contributed by atoms with Gasteiger partial charge in [0.05, 0.1) is 0 Å². The molecule has 0 aliphatic carbocycles. The third-order valence-corrected chi connectivity index (χ3v) is 1.91. The third kappa shape index (κ3) is 8.96. The fourth-order valence-electron chi connectivity index (χ4n) is 0.830. The fraction of sp³-hybridized carbons (Fsp3) is 0.176. The SMILES string of the molecule is C=C/C(C)=C/C=C(\C)C#CC(=C)/C=C\C(=C)C. The molecule has 0 saturated carbocycles. The Hall–Kier alpha value is -2.00. The Morgan fingerprint density at radius 1 is 0.941 bits per heavy atom. The first-order valence-electron chi connectivity index (χ1n) is 5.48. The van der Waals surface area contributed by atoms with Crippen molar-refractivity contribution in [1.29, 1.82) is 0 Å². The summed E-state index contributed by atoms with van der Waals surface area (Å²) >= 11 is 0. The van der Waals surface area contributed by atoms with Gasteiger partial charge in [0, 0.05) is 5.57 Å².